The molecule has 0 aromatic carbocycles. The molecule has 0 aliphatic carbocycles. The second kappa shape index (κ2) is 7.26. The number of hydrogen-bond acceptors (Lipinski definition) is 3. The van der Waals surface area contributed by atoms with Crippen molar-refractivity contribution in [2.45, 2.75) is 20.3 Å². The third kappa shape index (κ3) is 7.73. The van der Waals surface area contributed by atoms with Crippen LogP contribution < -0.4 is 10.6 Å². The van der Waals surface area contributed by atoms with Gasteiger partial charge in [0.2, 0.25) is 0 Å². The van der Waals surface area contributed by atoms with Crippen LogP contribution in [0, 0.1) is 5.41 Å². The fourth-order valence-corrected chi connectivity index (χ4v) is 1.47. The molecule has 2 amide bonds. The number of urea groups is 1. The minimum Gasteiger partial charge on any atom is -0.481 e. The summed E-state index contributed by atoms with van der Waals surface area (Å²) in [6.07, 6.45) is 2.24. The largest absolute Gasteiger partial charge is 0.481 e. The van der Waals surface area contributed by atoms with E-state index >= 15 is 0 Å². The first-order valence-corrected chi connectivity index (χ1v) is 7.03. The Balaban J connectivity index is 3.74. The highest BCUT2D eigenvalue weighted by Crippen LogP contribution is 2.12. The fourth-order valence-electron chi connectivity index (χ4n) is 0.917. The first kappa shape index (κ1) is 15.9. The zero-order valence-electron chi connectivity index (χ0n) is 10.4. The maximum Gasteiger partial charge on any atom is 0.314 e. The van der Waals surface area contributed by atoms with Crippen molar-refractivity contribution >= 4 is 22.8 Å². The average Bonchev–Trinajstić information content (AvgIpc) is 2.21. The molecule has 7 heteroatoms. The van der Waals surface area contributed by atoms with Gasteiger partial charge in [0.1, 0.15) is 0 Å². The summed E-state index contributed by atoms with van der Waals surface area (Å²) in [6, 6.07) is -0.402. The van der Waals surface area contributed by atoms with Gasteiger partial charge in [0, 0.05) is 35.9 Å². The Morgan fingerprint density at radius 1 is 1.29 bits per heavy atom. The SMILES string of the molecule is CS(=O)CCCNC(=O)NCC(C)(C)C(=O)O. The predicted molar refractivity (Wildman–Crippen MR) is 66.4 cm³/mol. The van der Waals surface area contributed by atoms with Crippen LogP contribution in [0.15, 0.2) is 0 Å². The first-order chi connectivity index (χ1) is 7.75. The minimum absolute atomic E-state index is 0.0634. The van der Waals surface area contributed by atoms with Gasteiger partial charge in [-0.3, -0.25) is 9.00 Å². The summed E-state index contributed by atoms with van der Waals surface area (Å²) in [5.41, 5.74) is -0.984. The summed E-state index contributed by atoms with van der Waals surface area (Å²) in [5.74, 6) is -0.417. The molecule has 0 aliphatic rings. The molecule has 1 unspecified atom stereocenters. The molecule has 0 fully saturated rings. The van der Waals surface area contributed by atoms with Crippen LogP contribution in [-0.2, 0) is 15.6 Å². The quantitative estimate of drug-likeness (QED) is 0.571. The summed E-state index contributed by atoms with van der Waals surface area (Å²) in [7, 11) is -0.854. The van der Waals surface area contributed by atoms with E-state index in [1.165, 1.54) is 13.8 Å². The molecule has 17 heavy (non-hydrogen) atoms. The van der Waals surface area contributed by atoms with Gasteiger partial charge in [-0.15, -0.1) is 0 Å². The standard InChI is InChI=1S/C10H20N2O4S/c1-10(2,8(13)14)7-12-9(15)11-5-4-6-17(3)16/h4-7H2,1-3H3,(H,13,14)(H2,11,12,15). The van der Waals surface area contributed by atoms with Gasteiger partial charge in [0.05, 0.1) is 5.41 Å². The second-order valence-corrected chi connectivity index (χ2v) is 5.98. The molecule has 0 saturated heterocycles. The Kier molecular flexibility index (Phi) is 6.79. The Bertz CT molecular complexity index is 305. The van der Waals surface area contributed by atoms with Crippen molar-refractivity contribution in [2.24, 2.45) is 5.41 Å². The van der Waals surface area contributed by atoms with E-state index in [-0.39, 0.29) is 6.54 Å². The van der Waals surface area contributed by atoms with Crippen LogP contribution in [0.3, 0.4) is 0 Å². The van der Waals surface area contributed by atoms with Crippen LogP contribution >= 0.6 is 0 Å². The molecular formula is C10H20N2O4S. The van der Waals surface area contributed by atoms with Crippen molar-refractivity contribution in [3.63, 3.8) is 0 Å². The molecule has 0 saturated carbocycles. The van der Waals surface area contributed by atoms with Gasteiger partial charge in [0.15, 0.2) is 0 Å². The molecule has 6 nitrogen and oxygen atoms in total. The number of carbonyl (C=O) groups is 2. The average molecular weight is 264 g/mol. The number of amides is 2. The van der Waals surface area contributed by atoms with Crippen LogP contribution in [0.4, 0.5) is 4.79 Å². The Hall–Kier alpha value is -1.11. The summed E-state index contributed by atoms with van der Waals surface area (Å²) in [4.78, 5) is 22.0. The molecule has 0 rings (SSSR count). The lowest BCUT2D eigenvalue weighted by Crippen LogP contribution is -2.43. The van der Waals surface area contributed by atoms with Gasteiger partial charge >= 0.3 is 12.0 Å². The van der Waals surface area contributed by atoms with Gasteiger partial charge in [0.25, 0.3) is 0 Å². The molecular weight excluding hydrogens is 244 g/mol. The highest BCUT2D eigenvalue weighted by molar-refractivity contribution is 7.84. The van der Waals surface area contributed by atoms with Crippen molar-refractivity contribution in [1.82, 2.24) is 10.6 Å². The summed E-state index contributed by atoms with van der Waals surface area (Å²) < 4.78 is 10.7. The van der Waals surface area contributed by atoms with E-state index in [0.717, 1.165) is 0 Å². The van der Waals surface area contributed by atoms with E-state index in [4.69, 9.17) is 5.11 Å². The van der Waals surface area contributed by atoms with E-state index in [1.54, 1.807) is 6.26 Å². The number of carboxylic acids is 1. The number of carbonyl (C=O) groups excluding carboxylic acids is 1. The van der Waals surface area contributed by atoms with Crippen molar-refractivity contribution in [3.05, 3.63) is 0 Å². The Morgan fingerprint density at radius 2 is 1.88 bits per heavy atom. The van der Waals surface area contributed by atoms with Gasteiger partial charge in [-0.25, -0.2) is 4.79 Å². The Morgan fingerprint density at radius 3 is 2.35 bits per heavy atom. The van der Waals surface area contributed by atoms with Crippen molar-refractivity contribution < 1.29 is 18.9 Å². The topological polar surface area (TPSA) is 95.5 Å². The first-order valence-electron chi connectivity index (χ1n) is 5.31. The van der Waals surface area contributed by atoms with Crippen LogP contribution in [-0.4, -0.2) is 46.4 Å². The number of hydrogen-bond donors (Lipinski definition) is 3. The van der Waals surface area contributed by atoms with E-state index in [0.29, 0.717) is 18.7 Å². The lowest BCUT2D eigenvalue weighted by Gasteiger charge is -2.19. The van der Waals surface area contributed by atoms with Crippen LogP contribution in [0.25, 0.3) is 0 Å². The van der Waals surface area contributed by atoms with E-state index in [2.05, 4.69) is 10.6 Å². The number of rotatable bonds is 7. The summed E-state index contributed by atoms with van der Waals surface area (Å²) in [5, 5.41) is 13.9. The van der Waals surface area contributed by atoms with E-state index < -0.39 is 28.2 Å². The maximum atomic E-state index is 11.3. The number of carboxylic acid groups (broad SMARTS) is 1. The smallest absolute Gasteiger partial charge is 0.314 e. The molecule has 0 spiro atoms. The molecule has 0 aliphatic heterocycles. The second-order valence-electron chi connectivity index (χ2n) is 4.43. The molecule has 0 radical (unpaired) electrons. The molecule has 0 aromatic heterocycles. The lowest BCUT2D eigenvalue weighted by atomic mass is 9.94. The zero-order chi connectivity index (χ0) is 13.5. The van der Waals surface area contributed by atoms with Gasteiger partial charge in [-0.05, 0) is 20.3 Å². The third-order valence-corrected chi connectivity index (χ3v) is 3.03. The molecule has 0 bridgehead atoms. The summed E-state index contributed by atoms with van der Waals surface area (Å²) >= 11 is 0. The molecule has 0 heterocycles. The number of nitrogens with one attached hydrogen (secondary N) is 2. The van der Waals surface area contributed by atoms with Gasteiger partial charge in [-0.1, -0.05) is 0 Å². The van der Waals surface area contributed by atoms with Crippen LogP contribution in [0.5, 0.6) is 0 Å². The van der Waals surface area contributed by atoms with Crippen molar-refractivity contribution in [3.8, 4) is 0 Å². The molecule has 3 N–H and O–H groups in total. The van der Waals surface area contributed by atoms with Crippen LogP contribution in [0.1, 0.15) is 20.3 Å². The van der Waals surface area contributed by atoms with Crippen molar-refractivity contribution in [1.29, 1.82) is 0 Å². The van der Waals surface area contributed by atoms with Gasteiger partial charge < -0.3 is 15.7 Å². The molecule has 0 aromatic rings. The summed E-state index contributed by atoms with van der Waals surface area (Å²) in [6.45, 7) is 3.57. The van der Waals surface area contributed by atoms with E-state index in [9.17, 15) is 13.8 Å². The van der Waals surface area contributed by atoms with E-state index in [1.807, 2.05) is 0 Å². The Labute approximate surface area is 104 Å². The normalized spacial score (nSPS) is 12.9. The highest BCUT2D eigenvalue weighted by Gasteiger charge is 2.27. The van der Waals surface area contributed by atoms with Gasteiger partial charge in [-0.2, -0.15) is 0 Å². The fraction of sp³-hybridized carbons (Fsp3) is 0.800. The molecule has 1 atom stereocenters. The minimum atomic E-state index is -0.984. The zero-order valence-corrected chi connectivity index (χ0v) is 11.2. The monoisotopic (exact) mass is 264 g/mol. The molecule has 100 valence electrons. The maximum absolute atomic E-state index is 11.3. The lowest BCUT2D eigenvalue weighted by molar-refractivity contribution is -0.146. The van der Waals surface area contributed by atoms with Crippen molar-refractivity contribution in [2.75, 3.05) is 25.1 Å². The third-order valence-electron chi connectivity index (χ3n) is 2.16. The number of aliphatic carboxylic acids is 1. The highest BCUT2D eigenvalue weighted by atomic mass is 32.2. The van der Waals surface area contributed by atoms with Crippen LogP contribution in [0.2, 0.25) is 0 Å². The predicted octanol–water partition coefficient (Wildman–Crippen LogP) is 0.165.